The second kappa shape index (κ2) is 7.88. The monoisotopic (exact) mass is 294 g/mol. The minimum absolute atomic E-state index is 0.0987. The largest absolute Gasteiger partial charge is 0.394 e. The van der Waals surface area contributed by atoms with Gasteiger partial charge in [-0.2, -0.15) is 0 Å². The Hall–Kier alpha value is -1.44. The van der Waals surface area contributed by atoms with E-state index in [0.29, 0.717) is 0 Å². The molecule has 19 heavy (non-hydrogen) atoms. The second-order valence-electron chi connectivity index (χ2n) is 3.46. The fourth-order valence-corrected chi connectivity index (χ4v) is 1.41. The first-order valence-corrected chi connectivity index (χ1v) is 5.80. The van der Waals surface area contributed by atoms with Crippen LogP contribution in [0.2, 0.25) is 5.02 Å². The summed E-state index contributed by atoms with van der Waals surface area (Å²) in [6, 6.07) is 1.02. The van der Waals surface area contributed by atoms with Crippen LogP contribution in [-0.4, -0.2) is 37.5 Å². The Morgan fingerprint density at radius 1 is 1.32 bits per heavy atom. The van der Waals surface area contributed by atoms with Crippen molar-refractivity contribution >= 4 is 23.3 Å². The van der Waals surface area contributed by atoms with Crippen LogP contribution in [0.25, 0.3) is 0 Å². The molecular weight excluding hydrogens is 282 g/mol. The number of anilines is 1. The fourth-order valence-electron chi connectivity index (χ4n) is 1.22. The summed E-state index contributed by atoms with van der Waals surface area (Å²) >= 11 is 5.45. The van der Waals surface area contributed by atoms with Gasteiger partial charge in [-0.25, -0.2) is 13.6 Å². The van der Waals surface area contributed by atoms with Gasteiger partial charge >= 0.3 is 6.03 Å². The number of halogens is 3. The van der Waals surface area contributed by atoms with E-state index in [9.17, 15) is 13.6 Å². The van der Waals surface area contributed by atoms with E-state index < -0.39 is 23.4 Å². The number of benzene rings is 1. The molecule has 0 heterocycles. The normalized spacial score (nSPS) is 10.3. The van der Waals surface area contributed by atoms with Gasteiger partial charge in [0.15, 0.2) is 11.6 Å². The van der Waals surface area contributed by atoms with Crippen molar-refractivity contribution in [1.82, 2.24) is 5.32 Å². The summed E-state index contributed by atoms with van der Waals surface area (Å²) < 4.78 is 31.6. The van der Waals surface area contributed by atoms with Crippen LogP contribution in [0.1, 0.15) is 0 Å². The zero-order valence-electron chi connectivity index (χ0n) is 9.88. The summed E-state index contributed by atoms with van der Waals surface area (Å²) in [6.07, 6.45) is 0. The first-order valence-electron chi connectivity index (χ1n) is 5.42. The van der Waals surface area contributed by atoms with E-state index in [1.165, 1.54) is 0 Å². The van der Waals surface area contributed by atoms with Crippen LogP contribution >= 0.6 is 11.6 Å². The highest BCUT2D eigenvalue weighted by molar-refractivity contribution is 6.30. The van der Waals surface area contributed by atoms with Crippen molar-refractivity contribution in [3.63, 3.8) is 0 Å². The molecule has 0 fully saturated rings. The van der Waals surface area contributed by atoms with Gasteiger partial charge in [0.25, 0.3) is 0 Å². The van der Waals surface area contributed by atoms with E-state index in [-0.39, 0.29) is 31.4 Å². The summed E-state index contributed by atoms with van der Waals surface area (Å²) in [4.78, 5) is 11.3. The third-order valence-electron chi connectivity index (χ3n) is 2.01. The number of carbonyl (C=O) groups is 1. The number of amides is 2. The van der Waals surface area contributed by atoms with Gasteiger partial charge in [-0.3, -0.25) is 0 Å². The topological polar surface area (TPSA) is 70.6 Å². The molecule has 0 spiro atoms. The van der Waals surface area contributed by atoms with Gasteiger partial charge in [-0.1, -0.05) is 11.6 Å². The summed E-state index contributed by atoms with van der Waals surface area (Å²) in [5.41, 5.74) is -0.571. The van der Waals surface area contributed by atoms with Gasteiger partial charge in [0.1, 0.15) is 5.69 Å². The Labute approximate surface area is 113 Å². The van der Waals surface area contributed by atoms with E-state index in [0.717, 1.165) is 12.1 Å². The molecule has 1 rings (SSSR count). The van der Waals surface area contributed by atoms with Crippen molar-refractivity contribution < 1.29 is 23.4 Å². The number of rotatable bonds is 6. The molecule has 2 amide bonds. The highest BCUT2D eigenvalue weighted by Gasteiger charge is 2.13. The molecule has 0 atom stereocenters. The van der Waals surface area contributed by atoms with Crippen LogP contribution in [0.15, 0.2) is 12.1 Å². The molecule has 0 radical (unpaired) electrons. The Morgan fingerprint density at radius 3 is 2.53 bits per heavy atom. The predicted octanol–water partition coefficient (Wildman–Crippen LogP) is 1.75. The van der Waals surface area contributed by atoms with Crippen LogP contribution in [0, 0.1) is 11.6 Å². The van der Waals surface area contributed by atoms with E-state index in [4.69, 9.17) is 21.4 Å². The number of ether oxygens (including phenoxy) is 1. The summed E-state index contributed by atoms with van der Waals surface area (Å²) in [7, 11) is 0. The molecule has 0 saturated heterocycles. The van der Waals surface area contributed by atoms with Crippen molar-refractivity contribution in [3.8, 4) is 0 Å². The molecule has 0 aliphatic heterocycles. The molecule has 0 saturated carbocycles. The van der Waals surface area contributed by atoms with Crippen molar-refractivity contribution in [3.05, 3.63) is 28.8 Å². The van der Waals surface area contributed by atoms with Gasteiger partial charge < -0.3 is 20.5 Å². The van der Waals surface area contributed by atoms with Crippen LogP contribution in [0.4, 0.5) is 19.3 Å². The third-order valence-corrected chi connectivity index (χ3v) is 2.23. The lowest BCUT2D eigenvalue weighted by Gasteiger charge is -2.09. The lowest BCUT2D eigenvalue weighted by atomic mass is 10.3. The van der Waals surface area contributed by atoms with Crippen molar-refractivity contribution in [2.24, 2.45) is 0 Å². The molecule has 0 aliphatic carbocycles. The highest BCUT2D eigenvalue weighted by atomic mass is 35.5. The Morgan fingerprint density at radius 2 is 1.95 bits per heavy atom. The zero-order chi connectivity index (χ0) is 14.3. The third kappa shape index (κ3) is 5.37. The molecule has 5 nitrogen and oxygen atoms in total. The quantitative estimate of drug-likeness (QED) is 0.700. The number of aliphatic hydroxyl groups is 1. The van der Waals surface area contributed by atoms with Crippen LogP contribution in [0.3, 0.4) is 0 Å². The SMILES string of the molecule is O=C(NCCOCCO)Nc1c(F)cc(Cl)cc1F. The lowest BCUT2D eigenvalue weighted by molar-refractivity contribution is 0.0950. The summed E-state index contributed by atoms with van der Waals surface area (Å²) in [5.74, 6) is -1.92. The van der Waals surface area contributed by atoms with Crippen molar-refractivity contribution in [1.29, 1.82) is 0 Å². The summed E-state index contributed by atoms with van der Waals surface area (Å²) in [5, 5.41) is 12.7. The Bertz CT molecular complexity index is 423. The molecule has 1 aromatic carbocycles. The predicted molar refractivity (Wildman–Crippen MR) is 66.3 cm³/mol. The Balaban J connectivity index is 2.44. The number of urea groups is 1. The van der Waals surface area contributed by atoms with Crippen molar-refractivity contribution in [2.45, 2.75) is 0 Å². The van der Waals surface area contributed by atoms with Gasteiger partial charge in [0.05, 0.1) is 19.8 Å². The first-order chi connectivity index (χ1) is 9.04. The molecule has 0 aromatic heterocycles. The smallest absolute Gasteiger partial charge is 0.319 e. The van der Waals surface area contributed by atoms with E-state index >= 15 is 0 Å². The number of hydrogen-bond acceptors (Lipinski definition) is 3. The molecule has 8 heteroatoms. The number of aliphatic hydroxyl groups excluding tert-OH is 1. The molecule has 0 unspecified atom stereocenters. The van der Waals surface area contributed by atoms with Crippen LogP contribution < -0.4 is 10.6 Å². The Kier molecular flexibility index (Phi) is 6.48. The van der Waals surface area contributed by atoms with E-state index in [1.807, 2.05) is 5.32 Å². The van der Waals surface area contributed by atoms with Crippen LogP contribution in [0.5, 0.6) is 0 Å². The maximum Gasteiger partial charge on any atom is 0.319 e. The van der Waals surface area contributed by atoms with Crippen LogP contribution in [-0.2, 0) is 4.74 Å². The molecule has 0 bridgehead atoms. The average Bonchev–Trinajstić information content (AvgIpc) is 2.33. The molecule has 1 aromatic rings. The highest BCUT2D eigenvalue weighted by Crippen LogP contribution is 2.23. The zero-order valence-corrected chi connectivity index (χ0v) is 10.6. The fraction of sp³-hybridized carbons (Fsp3) is 0.364. The minimum Gasteiger partial charge on any atom is -0.394 e. The lowest BCUT2D eigenvalue weighted by Crippen LogP contribution is -2.32. The molecule has 0 aliphatic rings. The number of hydrogen-bond donors (Lipinski definition) is 3. The van der Waals surface area contributed by atoms with Gasteiger partial charge in [0.2, 0.25) is 0 Å². The summed E-state index contributed by atoms with van der Waals surface area (Å²) in [6.45, 7) is 0.360. The average molecular weight is 295 g/mol. The van der Waals surface area contributed by atoms with Gasteiger partial charge in [-0.05, 0) is 12.1 Å². The van der Waals surface area contributed by atoms with E-state index in [2.05, 4.69) is 5.32 Å². The van der Waals surface area contributed by atoms with Gasteiger partial charge in [-0.15, -0.1) is 0 Å². The first kappa shape index (κ1) is 15.6. The maximum absolute atomic E-state index is 13.3. The molecular formula is C11H13ClF2N2O3. The maximum atomic E-state index is 13.3. The standard InChI is InChI=1S/C11H13ClF2N2O3/c12-7-5-8(13)10(9(14)6-7)16-11(18)15-1-3-19-4-2-17/h5-6,17H,1-4H2,(H2,15,16,18). The second-order valence-corrected chi connectivity index (χ2v) is 3.90. The molecule has 106 valence electrons. The number of carbonyl (C=O) groups excluding carboxylic acids is 1. The van der Waals surface area contributed by atoms with Crippen molar-refractivity contribution in [2.75, 3.05) is 31.7 Å². The van der Waals surface area contributed by atoms with E-state index in [1.54, 1.807) is 0 Å². The number of nitrogens with one attached hydrogen (secondary N) is 2. The van der Waals surface area contributed by atoms with Gasteiger partial charge in [0, 0.05) is 11.6 Å². The minimum atomic E-state index is -0.961. The molecule has 3 N–H and O–H groups in total.